The van der Waals surface area contributed by atoms with E-state index in [-0.39, 0.29) is 0 Å². The fourth-order valence-electron chi connectivity index (χ4n) is 2.31. The van der Waals surface area contributed by atoms with Gasteiger partial charge in [0.2, 0.25) is 5.88 Å². The summed E-state index contributed by atoms with van der Waals surface area (Å²) in [7, 11) is 0. The van der Waals surface area contributed by atoms with Crippen LogP contribution in [0, 0.1) is 0 Å². The van der Waals surface area contributed by atoms with E-state index in [4.69, 9.17) is 16.3 Å². The van der Waals surface area contributed by atoms with E-state index in [1.807, 2.05) is 36.4 Å². The van der Waals surface area contributed by atoms with E-state index in [1.54, 1.807) is 24.5 Å². The highest BCUT2D eigenvalue weighted by Gasteiger charge is 2.05. The Labute approximate surface area is 143 Å². The van der Waals surface area contributed by atoms with E-state index >= 15 is 0 Å². The van der Waals surface area contributed by atoms with Crippen molar-refractivity contribution in [3.05, 3.63) is 72.4 Å². The van der Waals surface area contributed by atoms with Crippen LogP contribution in [0.1, 0.15) is 0 Å². The summed E-state index contributed by atoms with van der Waals surface area (Å²) in [4.78, 5) is 16.8. The fraction of sp³-hybridized carbons (Fsp3) is 0. The van der Waals surface area contributed by atoms with Crippen LogP contribution >= 0.6 is 11.6 Å². The number of nitrogens with zero attached hydrogens (tertiary/aromatic N) is 4. The molecule has 4 aromatic rings. The molecule has 5 nitrogen and oxygen atoms in total. The molecule has 6 heteroatoms. The zero-order chi connectivity index (χ0) is 16.4. The number of ether oxygens (including phenoxy) is 1. The molecule has 24 heavy (non-hydrogen) atoms. The van der Waals surface area contributed by atoms with E-state index in [2.05, 4.69) is 19.9 Å². The quantitative estimate of drug-likeness (QED) is 0.515. The van der Waals surface area contributed by atoms with Gasteiger partial charge in [-0.3, -0.25) is 4.98 Å². The highest BCUT2D eigenvalue weighted by atomic mass is 35.5. The minimum atomic E-state index is 0.438. The number of aromatic nitrogens is 4. The number of pyridine rings is 2. The normalized spacial score (nSPS) is 10.7. The van der Waals surface area contributed by atoms with Gasteiger partial charge in [-0.2, -0.15) is 0 Å². The van der Waals surface area contributed by atoms with Gasteiger partial charge in [-0.05, 0) is 30.3 Å². The lowest BCUT2D eigenvalue weighted by atomic mass is 10.2. The van der Waals surface area contributed by atoms with Crippen molar-refractivity contribution < 1.29 is 4.74 Å². The zero-order valence-corrected chi connectivity index (χ0v) is 13.2. The summed E-state index contributed by atoms with van der Waals surface area (Å²) in [5, 5.41) is 1.49. The summed E-state index contributed by atoms with van der Waals surface area (Å²) < 4.78 is 5.83. The van der Waals surface area contributed by atoms with Crippen molar-refractivity contribution in [3.8, 4) is 22.9 Å². The van der Waals surface area contributed by atoms with Gasteiger partial charge in [0.25, 0.3) is 0 Å². The standard InChI is InChI=1S/C18H11ClN4O/c19-17-6-4-13(10-21-17)16-9-18(23-11-22-16)24-14-5-3-12-2-1-7-20-15(12)8-14/h1-11H. The van der Waals surface area contributed by atoms with Gasteiger partial charge >= 0.3 is 0 Å². The predicted molar refractivity (Wildman–Crippen MR) is 92.1 cm³/mol. The topological polar surface area (TPSA) is 60.8 Å². The molecule has 0 saturated carbocycles. The molecule has 0 amide bonds. The molecule has 3 aromatic heterocycles. The molecule has 0 aliphatic carbocycles. The van der Waals surface area contributed by atoms with Gasteiger partial charge in [-0.1, -0.05) is 17.7 Å². The first-order valence-corrected chi connectivity index (χ1v) is 7.62. The molecule has 0 unspecified atom stereocenters. The summed E-state index contributed by atoms with van der Waals surface area (Å²) in [6, 6.07) is 14.9. The lowest BCUT2D eigenvalue weighted by molar-refractivity contribution is 0.462. The third-order valence-electron chi connectivity index (χ3n) is 3.46. The maximum atomic E-state index is 5.83. The summed E-state index contributed by atoms with van der Waals surface area (Å²) >= 11 is 5.81. The maximum Gasteiger partial charge on any atom is 0.222 e. The first-order valence-electron chi connectivity index (χ1n) is 7.24. The molecule has 0 aliphatic rings. The maximum absolute atomic E-state index is 5.83. The smallest absolute Gasteiger partial charge is 0.222 e. The summed E-state index contributed by atoms with van der Waals surface area (Å²) in [6.45, 7) is 0. The van der Waals surface area contributed by atoms with Crippen LogP contribution in [0.5, 0.6) is 11.6 Å². The number of hydrogen-bond donors (Lipinski definition) is 0. The van der Waals surface area contributed by atoms with Gasteiger partial charge in [0.05, 0.1) is 11.2 Å². The zero-order valence-electron chi connectivity index (χ0n) is 12.4. The first-order chi connectivity index (χ1) is 11.8. The summed E-state index contributed by atoms with van der Waals surface area (Å²) in [6.07, 6.45) is 4.87. The molecule has 116 valence electrons. The lowest BCUT2D eigenvalue weighted by Gasteiger charge is -2.07. The Morgan fingerprint density at radius 1 is 0.875 bits per heavy atom. The summed E-state index contributed by atoms with van der Waals surface area (Å²) in [5.74, 6) is 1.12. The number of hydrogen-bond acceptors (Lipinski definition) is 5. The van der Waals surface area contributed by atoms with Crippen LogP contribution in [-0.2, 0) is 0 Å². The van der Waals surface area contributed by atoms with Crippen molar-refractivity contribution >= 4 is 22.5 Å². The molecule has 0 fully saturated rings. The van der Waals surface area contributed by atoms with E-state index in [0.29, 0.717) is 22.5 Å². The third-order valence-corrected chi connectivity index (χ3v) is 3.69. The van der Waals surface area contributed by atoms with Gasteiger partial charge in [-0.25, -0.2) is 15.0 Å². The van der Waals surface area contributed by atoms with Crippen molar-refractivity contribution in [2.45, 2.75) is 0 Å². The largest absolute Gasteiger partial charge is 0.439 e. The van der Waals surface area contributed by atoms with Gasteiger partial charge in [0, 0.05) is 35.5 Å². The van der Waals surface area contributed by atoms with Crippen molar-refractivity contribution in [1.82, 2.24) is 19.9 Å². The van der Waals surface area contributed by atoms with Crippen molar-refractivity contribution in [3.63, 3.8) is 0 Å². The molecule has 0 aliphatic heterocycles. The highest BCUT2D eigenvalue weighted by Crippen LogP contribution is 2.26. The van der Waals surface area contributed by atoms with Crippen LogP contribution in [-0.4, -0.2) is 19.9 Å². The van der Waals surface area contributed by atoms with Crippen LogP contribution < -0.4 is 4.74 Å². The molecule has 0 N–H and O–H groups in total. The molecule has 3 heterocycles. The van der Waals surface area contributed by atoms with Crippen LogP contribution in [0.15, 0.2) is 67.3 Å². The minimum Gasteiger partial charge on any atom is -0.439 e. The van der Waals surface area contributed by atoms with E-state index in [9.17, 15) is 0 Å². The number of halogens is 1. The number of rotatable bonds is 3. The van der Waals surface area contributed by atoms with Crippen molar-refractivity contribution in [1.29, 1.82) is 0 Å². The van der Waals surface area contributed by atoms with Crippen LogP contribution in [0.2, 0.25) is 5.15 Å². The monoisotopic (exact) mass is 334 g/mol. The average Bonchev–Trinajstić information content (AvgIpc) is 2.62. The second-order valence-electron chi connectivity index (χ2n) is 5.07. The molecule has 0 bridgehead atoms. The van der Waals surface area contributed by atoms with E-state index < -0.39 is 0 Å². The van der Waals surface area contributed by atoms with Crippen molar-refractivity contribution in [2.24, 2.45) is 0 Å². The average molecular weight is 335 g/mol. The first kappa shape index (κ1) is 14.5. The van der Waals surface area contributed by atoms with Gasteiger partial charge < -0.3 is 4.74 Å². The summed E-state index contributed by atoms with van der Waals surface area (Å²) in [5.41, 5.74) is 2.42. The Morgan fingerprint density at radius 2 is 1.83 bits per heavy atom. The van der Waals surface area contributed by atoms with Crippen molar-refractivity contribution in [2.75, 3.05) is 0 Å². The van der Waals surface area contributed by atoms with Crippen LogP contribution in [0.25, 0.3) is 22.2 Å². The SMILES string of the molecule is Clc1ccc(-c2cc(Oc3ccc4cccnc4c3)ncn2)cn1. The molecule has 4 rings (SSSR count). The van der Waals surface area contributed by atoms with Crippen LogP contribution in [0.3, 0.4) is 0 Å². The Morgan fingerprint density at radius 3 is 2.71 bits per heavy atom. The number of benzene rings is 1. The van der Waals surface area contributed by atoms with Gasteiger partial charge in [-0.15, -0.1) is 0 Å². The van der Waals surface area contributed by atoms with E-state index in [0.717, 1.165) is 16.5 Å². The molecular formula is C18H11ClN4O. The second kappa shape index (κ2) is 6.22. The Bertz CT molecular complexity index is 1000. The fourth-order valence-corrected chi connectivity index (χ4v) is 2.42. The molecule has 0 radical (unpaired) electrons. The third kappa shape index (κ3) is 3.02. The molecule has 0 saturated heterocycles. The Kier molecular flexibility index (Phi) is 3.76. The number of fused-ring (bicyclic) bond motifs is 1. The molecule has 0 spiro atoms. The predicted octanol–water partition coefficient (Wildman–Crippen LogP) is 4.53. The van der Waals surface area contributed by atoms with Gasteiger partial charge in [0.15, 0.2) is 0 Å². The van der Waals surface area contributed by atoms with E-state index in [1.165, 1.54) is 6.33 Å². The second-order valence-corrected chi connectivity index (χ2v) is 5.46. The minimum absolute atomic E-state index is 0.438. The molecular weight excluding hydrogens is 324 g/mol. The Balaban J connectivity index is 1.64. The molecule has 0 atom stereocenters. The van der Waals surface area contributed by atoms with Crippen LogP contribution in [0.4, 0.5) is 0 Å². The lowest BCUT2D eigenvalue weighted by Crippen LogP contribution is -1.92. The highest BCUT2D eigenvalue weighted by molar-refractivity contribution is 6.29. The molecule has 1 aromatic carbocycles. The Hall–Kier alpha value is -3.05. The van der Waals surface area contributed by atoms with Gasteiger partial charge in [0.1, 0.15) is 17.2 Å².